The Balaban J connectivity index is 1.41. The fourth-order valence-corrected chi connectivity index (χ4v) is 3.35. The van der Waals surface area contributed by atoms with Gasteiger partial charge in [-0.2, -0.15) is 4.98 Å². The first-order valence-corrected chi connectivity index (χ1v) is 9.54. The summed E-state index contributed by atoms with van der Waals surface area (Å²) in [5.74, 6) is 0.924. The van der Waals surface area contributed by atoms with Crippen LogP contribution in [0.2, 0.25) is 0 Å². The van der Waals surface area contributed by atoms with E-state index in [9.17, 15) is 10.1 Å². The van der Waals surface area contributed by atoms with Crippen molar-refractivity contribution in [3.8, 4) is 11.4 Å². The van der Waals surface area contributed by atoms with Crippen molar-refractivity contribution in [3.63, 3.8) is 0 Å². The van der Waals surface area contributed by atoms with Gasteiger partial charge in [0.2, 0.25) is 11.7 Å². The van der Waals surface area contributed by atoms with Crippen LogP contribution in [0.4, 0.5) is 5.69 Å². The molecular formula is C19H17BrN4O4. The van der Waals surface area contributed by atoms with Crippen LogP contribution in [0.15, 0.2) is 57.5 Å². The molecule has 144 valence electrons. The Hall–Kier alpha value is -2.62. The van der Waals surface area contributed by atoms with Gasteiger partial charge in [-0.25, -0.2) is 0 Å². The van der Waals surface area contributed by atoms with Crippen molar-refractivity contribution in [2.24, 2.45) is 0 Å². The van der Waals surface area contributed by atoms with Gasteiger partial charge in [0.1, 0.15) is 0 Å². The van der Waals surface area contributed by atoms with Crippen molar-refractivity contribution < 1.29 is 14.2 Å². The number of rotatable bonds is 5. The number of nitro benzene ring substituents is 1. The van der Waals surface area contributed by atoms with Gasteiger partial charge in [-0.15, -0.1) is 0 Å². The Morgan fingerprint density at radius 3 is 2.64 bits per heavy atom. The molecule has 2 heterocycles. The quantitative estimate of drug-likeness (QED) is 0.433. The zero-order valence-electron chi connectivity index (χ0n) is 14.8. The number of hydrogen-bond acceptors (Lipinski definition) is 7. The van der Waals surface area contributed by atoms with E-state index in [0.717, 1.165) is 23.1 Å². The molecule has 0 bridgehead atoms. The summed E-state index contributed by atoms with van der Waals surface area (Å²) in [4.78, 5) is 17.0. The van der Waals surface area contributed by atoms with Crippen LogP contribution in [0.5, 0.6) is 0 Å². The molecule has 1 aromatic heterocycles. The number of non-ortho nitro benzene ring substituents is 1. The average molecular weight is 445 g/mol. The highest BCUT2D eigenvalue weighted by Gasteiger charge is 2.23. The molecule has 8 nitrogen and oxygen atoms in total. The molecule has 1 unspecified atom stereocenters. The molecule has 1 atom stereocenters. The number of hydrogen-bond donors (Lipinski definition) is 0. The van der Waals surface area contributed by atoms with Crippen molar-refractivity contribution in [2.45, 2.75) is 12.6 Å². The highest BCUT2D eigenvalue weighted by Crippen LogP contribution is 2.25. The SMILES string of the molecule is O=[N+]([O-])c1ccc(-c2noc(CN3CCOC(c4ccc(Br)cc4)C3)n2)cc1. The molecule has 1 aliphatic heterocycles. The number of halogens is 1. The molecule has 1 saturated heterocycles. The van der Waals surface area contributed by atoms with Crippen LogP contribution in [0.1, 0.15) is 17.6 Å². The second-order valence-corrected chi connectivity index (χ2v) is 7.38. The number of morpholine rings is 1. The Morgan fingerprint density at radius 2 is 1.93 bits per heavy atom. The van der Waals surface area contributed by atoms with Gasteiger partial charge in [-0.3, -0.25) is 15.0 Å². The zero-order chi connectivity index (χ0) is 19.5. The van der Waals surface area contributed by atoms with E-state index in [1.165, 1.54) is 12.1 Å². The molecule has 0 amide bonds. The summed E-state index contributed by atoms with van der Waals surface area (Å²) < 4.78 is 12.3. The number of ether oxygens (including phenoxy) is 1. The summed E-state index contributed by atoms with van der Waals surface area (Å²) in [5, 5.41) is 14.8. The summed E-state index contributed by atoms with van der Waals surface area (Å²) in [7, 11) is 0. The maximum Gasteiger partial charge on any atom is 0.269 e. The lowest BCUT2D eigenvalue weighted by atomic mass is 10.1. The molecule has 0 N–H and O–H groups in total. The zero-order valence-corrected chi connectivity index (χ0v) is 16.4. The lowest BCUT2D eigenvalue weighted by molar-refractivity contribution is -0.384. The van der Waals surface area contributed by atoms with Gasteiger partial charge in [0.25, 0.3) is 5.69 Å². The van der Waals surface area contributed by atoms with E-state index in [1.54, 1.807) is 12.1 Å². The third-order valence-corrected chi connectivity index (χ3v) is 5.08. The van der Waals surface area contributed by atoms with E-state index in [2.05, 4.69) is 43.1 Å². The number of nitro groups is 1. The van der Waals surface area contributed by atoms with Crippen molar-refractivity contribution in [2.75, 3.05) is 19.7 Å². The maximum atomic E-state index is 10.8. The van der Waals surface area contributed by atoms with Gasteiger partial charge in [0, 0.05) is 35.3 Å². The lowest BCUT2D eigenvalue weighted by Crippen LogP contribution is -2.37. The van der Waals surface area contributed by atoms with E-state index in [4.69, 9.17) is 9.26 Å². The second kappa shape index (κ2) is 8.17. The van der Waals surface area contributed by atoms with Crippen molar-refractivity contribution >= 4 is 21.6 Å². The fourth-order valence-electron chi connectivity index (χ4n) is 3.09. The largest absolute Gasteiger partial charge is 0.371 e. The van der Waals surface area contributed by atoms with Crippen LogP contribution in [0, 0.1) is 10.1 Å². The first kappa shape index (κ1) is 18.7. The number of aromatic nitrogens is 2. The molecule has 1 aliphatic rings. The predicted octanol–water partition coefficient (Wildman–Crippen LogP) is 3.98. The molecule has 2 aromatic carbocycles. The van der Waals surface area contributed by atoms with Gasteiger partial charge in [0.15, 0.2) is 0 Å². The van der Waals surface area contributed by atoms with Crippen molar-refractivity contribution in [3.05, 3.63) is 74.6 Å². The Labute approximate surface area is 169 Å². The van der Waals surface area contributed by atoms with Crippen LogP contribution in [-0.4, -0.2) is 39.7 Å². The molecule has 0 spiro atoms. The third-order valence-electron chi connectivity index (χ3n) is 4.56. The Bertz CT molecular complexity index is 959. The van der Waals surface area contributed by atoms with E-state index in [-0.39, 0.29) is 11.8 Å². The van der Waals surface area contributed by atoms with Gasteiger partial charge < -0.3 is 9.26 Å². The van der Waals surface area contributed by atoms with Crippen LogP contribution < -0.4 is 0 Å². The smallest absolute Gasteiger partial charge is 0.269 e. The molecule has 3 aromatic rings. The van der Waals surface area contributed by atoms with Crippen molar-refractivity contribution in [1.29, 1.82) is 0 Å². The normalized spacial score (nSPS) is 17.5. The minimum Gasteiger partial charge on any atom is -0.371 e. The second-order valence-electron chi connectivity index (χ2n) is 6.46. The van der Waals surface area contributed by atoms with Crippen LogP contribution in [-0.2, 0) is 11.3 Å². The maximum absolute atomic E-state index is 10.8. The average Bonchev–Trinajstić information content (AvgIpc) is 3.17. The number of benzene rings is 2. The molecule has 4 rings (SSSR count). The first-order valence-electron chi connectivity index (χ1n) is 8.75. The highest BCUT2D eigenvalue weighted by atomic mass is 79.9. The van der Waals surface area contributed by atoms with E-state index in [0.29, 0.717) is 30.4 Å². The monoisotopic (exact) mass is 444 g/mol. The predicted molar refractivity (Wildman–Crippen MR) is 105 cm³/mol. The lowest BCUT2D eigenvalue weighted by Gasteiger charge is -2.32. The molecule has 1 fully saturated rings. The fraction of sp³-hybridized carbons (Fsp3) is 0.263. The minimum atomic E-state index is -0.439. The van der Waals surface area contributed by atoms with Crippen LogP contribution >= 0.6 is 15.9 Å². The van der Waals surface area contributed by atoms with E-state index < -0.39 is 4.92 Å². The summed E-state index contributed by atoms with van der Waals surface area (Å²) >= 11 is 3.45. The van der Waals surface area contributed by atoms with Gasteiger partial charge in [0.05, 0.1) is 24.2 Å². The molecule has 0 radical (unpaired) electrons. The van der Waals surface area contributed by atoms with Gasteiger partial charge >= 0.3 is 0 Å². The highest BCUT2D eigenvalue weighted by molar-refractivity contribution is 9.10. The molecular weight excluding hydrogens is 428 g/mol. The molecule has 28 heavy (non-hydrogen) atoms. The molecule has 9 heteroatoms. The van der Waals surface area contributed by atoms with Crippen molar-refractivity contribution in [1.82, 2.24) is 15.0 Å². The Morgan fingerprint density at radius 1 is 1.18 bits per heavy atom. The number of nitrogens with zero attached hydrogens (tertiary/aromatic N) is 4. The minimum absolute atomic E-state index is 0.00101. The van der Waals surface area contributed by atoms with Gasteiger partial charge in [-0.05, 0) is 29.8 Å². The van der Waals surface area contributed by atoms with Crippen LogP contribution in [0.25, 0.3) is 11.4 Å². The first-order chi connectivity index (χ1) is 13.6. The van der Waals surface area contributed by atoms with Crippen LogP contribution in [0.3, 0.4) is 0 Å². The Kier molecular flexibility index (Phi) is 5.47. The summed E-state index contributed by atoms with van der Waals surface area (Å²) in [6.45, 7) is 2.67. The van der Waals surface area contributed by atoms with E-state index >= 15 is 0 Å². The summed E-state index contributed by atoms with van der Waals surface area (Å²) in [6.07, 6.45) is -0.00101. The third kappa shape index (κ3) is 4.27. The molecule has 0 saturated carbocycles. The topological polar surface area (TPSA) is 94.5 Å². The summed E-state index contributed by atoms with van der Waals surface area (Å²) in [5.41, 5.74) is 1.83. The van der Waals surface area contributed by atoms with Gasteiger partial charge in [-0.1, -0.05) is 33.2 Å². The molecule has 0 aliphatic carbocycles. The standard InChI is InChI=1S/C19H17BrN4O4/c20-15-5-1-13(2-6-15)17-11-23(9-10-27-17)12-18-21-19(22-28-18)14-3-7-16(8-4-14)24(25)26/h1-8,17H,9-12H2. The van der Waals surface area contributed by atoms with E-state index in [1.807, 2.05) is 12.1 Å². The summed E-state index contributed by atoms with van der Waals surface area (Å²) in [6, 6.07) is 14.2.